The molecule has 0 fully saturated rings. The summed E-state index contributed by atoms with van der Waals surface area (Å²) >= 11 is 0. The molecule has 0 aromatic rings. The van der Waals surface area contributed by atoms with Crippen molar-refractivity contribution in [3.05, 3.63) is 97.2 Å². The van der Waals surface area contributed by atoms with Crippen molar-refractivity contribution in [1.29, 1.82) is 0 Å². The van der Waals surface area contributed by atoms with Gasteiger partial charge in [0, 0.05) is 12.8 Å². The molecule has 0 heterocycles. The molecule has 0 aliphatic heterocycles. The average Bonchev–Trinajstić information content (AvgIpc) is 3.11. The highest BCUT2D eigenvalue weighted by Gasteiger charge is 2.22. The Bertz CT molecular complexity index is 1160. The third-order valence-electron chi connectivity index (χ3n) is 7.60. The van der Waals surface area contributed by atoms with Gasteiger partial charge >= 0.3 is 19.8 Å². The third-order valence-corrected chi connectivity index (χ3v) is 8.09. The minimum absolute atomic E-state index is 0.130. The number of allylic oxidation sites excluding steroid dienone is 16. The molecule has 2 N–H and O–H groups in total. The van der Waals surface area contributed by atoms with Gasteiger partial charge < -0.3 is 19.3 Å². The SMILES string of the molecule is CC/C=C/C/C=C/C/C=C/C/C=C/C/C=C/C/C=C/CCC(=O)OC[C@H](COP(=O)(O)O)OC(=O)CCCC/C=C/C/C=C/CCCCCCCC. The Labute approximate surface area is 315 Å². The summed E-state index contributed by atoms with van der Waals surface area (Å²) in [6.07, 6.45) is 51.4. The van der Waals surface area contributed by atoms with E-state index in [1.165, 1.54) is 38.5 Å². The Kier molecular flexibility index (Phi) is 35.5. The maximum absolute atomic E-state index is 12.4. The summed E-state index contributed by atoms with van der Waals surface area (Å²) in [7, 11) is -4.78. The molecule has 52 heavy (non-hydrogen) atoms. The fraction of sp³-hybridized carbons (Fsp3) is 0.581. The summed E-state index contributed by atoms with van der Waals surface area (Å²) in [5, 5.41) is 0. The first-order valence-electron chi connectivity index (χ1n) is 19.5. The first-order valence-corrected chi connectivity index (χ1v) is 21.1. The smallest absolute Gasteiger partial charge is 0.462 e. The predicted molar refractivity (Wildman–Crippen MR) is 216 cm³/mol. The molecule has 0 aromatic heterocycles. The number of phosphoric ester groups is 1. The molecule has 0 rings (SSSR count). The van der Waals surface area contributed by atoms with Crippen LogP contribution >= 0.6 is 7.82 Å². The number of rotatable bonds is 34. The van der Waals surface area contributed by atoms with Gasteiger partial charge in [0.05, 0.1) is 6.61 Å². The zero-order valence-corrected chi connectivity index (χ0v) is 33.1. The van der Waals surface area contributed by atoms with Crippen LogP contribution in [-0.4, -0.2) is 41.0 Å². The summed E-state index contributed by atoms with van der Waals surface area (Å²) in [5.74, 6) is -1.03. The van der Waals surface area contributed by atoms with Crippen molar-refractivity contribution >= 4 is 19.8 Å². The molecule has 0 saturated heterocycles. The van der Waals surface area contributed by atoms with Crippen molar-refractivity contribution in [3.8, 4) is 0 Å². The summed E-state index contributed by atoms with van der Waals surface area (Å²) < 4.78 is 26.2. The van der Waals surface area contributed by atoms with Crippen molar-refractivity contribution in [2.24, 2.45) is 0 Å². The number of carbonyl (C=O) groups excluding carboxylic acids is 2. The standard InChI is InChI=1S/C43H69O8P/c1-3-5-7-9-11-13-15-17-19-20-21-22-24-25-27-29-31-33-35-37-42(44)49-39-41(40-50-52(46,47)48)51-43(45)38-36-34-32-30-28-26-23-18-16-14-12-10-8-6-4-2/h5,7,11,13,17-19,21-23,25,27-28,30-31,33,41H,3-4,6,8-10,12,14-16,20,24,26,29,32,34-40H2,1-2H3,(H2,46,47,48)/b7-5+,13-11+,19-17+,22-21+,23-18+,27-25+,30-28+,33-31+/t41-/m1/s1. The molecule has 8 nitrogen and oxygen atoms in total. The summed E-state index contributed by atoms with van der Waals surface area (Å²) in [6.45, 7) is 3.45. The lowest BCUT2D eigenvalue weighted by molar-refractivity contribution is -0.161. The number of hydrogen-bond donors (Lipinski definition) is 2. The van der Waals surface area contributed by atoms with E-state index in [0.29, 0.717) is 12.8 Å². The highest BCUT2D eigenvalue weighted by Crippen LogP contribution is 2.35. The third kappa shape index (κ3) is 39.8. The van der Waals surface area contributed by atoms with E-state index in [2.05, 4.69) is 103 Å². The van der Waals surface area contributed by atoms with Gasteiger partial charge in [-0.25, -0.2) is 4.57 Å². The van der Waals surface area contributed by atoms with E-state index in [9.17, 15) is 14.2 Å². The molecule has 1 atom stereocenters. The maximum atomic E-state index is 12.4. The number of phosphoric acid groups is 1. The van der Waals surface area contributed by atoms with Gasteiger partial charge in [-0.3, -0.25) is 14.1 Å². The normalized spacial score (nSPS) is 13.5. The van der Waals surface area contributed by atoms with Crippen LogP contribution in [0, 0.1) is 0 Å². The molecule has 0 aliphatic carbocycles. The van der Waals surface area contributed by atoms with E-state index in [0.717, 1.165) is 64.2 Å². The van der Waals surface area contributed by atoms with Gasteiger partial charge in [-0.15, -0.1) is 0 Å². The van der Waals surface area contributed by atoms with Crippen molar-refractivity contribution in [3.63, 3.8) is 0 Å². The number of carbonyl (C=O) groups is 2. The van der Waals surface area contributed by atoms with Crippen LogP contribution in [0.25, 0.3) is 0 Å². The van der Waals surface area contributed by atoms with Crippen LogP contribution < -0.4 is 0 Å². The molecule has 0 saturated carbocycles. The highest BCUT2D eigenvalue weighted by molar-refractivity contribution is 7.46. The largest absolute Gasteiger partial charge is 0.469 e. The van der Waals surface area contributed by atoms with Crippen LogP contribution in [0.1, 0.15) is 142 Å². The van der Waals surface area contributed by atoms with Gasteiger partial charge in [-0.1, -0.05) is 143 Å². The van der Waals surface area contributed by atoms with Crippen LogP contribution in [0.5, 0.6) is 0 Å². The van der Waals surface area contributed by atoms with Gasteiger partial charge in [0.1, 0.15) is 6.61 Å². The molecule has 0 unspecified atom stereocenters. The maximum Gasteiger partial charge on any atom is 0.469 e. The predicted octanol–water partition coefficient (Wildman–Crippen LogP) is 11.8. The van der Waals surface area contributed by atoms with E-state index in [4.69, 9.17) is 19.3 Å². The van der Waals surface area contributed by atoms with Gasteiger partial charge in [0.2, 0.25) is 0 Å². The van der Waals surface area contributed by atoms with Gasteiger partial charge in [-0.05, 0) is 83.5 Å². The second-order valence-corrected chi connectivity index (χ2v) is 13.8. The molecule has 0 aromatic carbocycles. The van der Waals surface area contributed by atoms with E-state index < -0.39 is 32.5 Å². The van der Waals surface area contributed by atoms with Gasteiger partial charge in [0.15, 0.2) is 6.10 Å². The highest BCUT2D eigenvalue weighted by atomic mass is 31.2. The van der Waals surface area contributed by atoms with E-state index in [1.807, 2.05) is 12.2 Å². The number of hydrogen-bond acceptors (Lipinski definition) is 6. The quantitative estimate of drug-likeness (QED) is 0.0289. The second-order valence-electron chi connectivity index (χ2n) is 12.5. The molecular formula is C43H69O8P. The van der Waals surface area contributed by atoms with Crippen LogP contribution in [-0.2, 0) is 28.2 Å². The monoisotopic (exact) mass is 744 g/mol. The van der Waals surface area contributed by atoms with Crippen molar-refractivity contribution < 1.29 is 37.9 Å². The number of unbranched alkanes of at least 4 members (excludes halogenated alkanes) is 8. The molecule has 0 radical (unpaired) electrons. The lowest BCUT2D eigenvalue weighted by atomic mass is 10.1. The van der Waals surface area contributed by atoms with Crippen LogP contribution in [0.4, 0.5) is 0 Å². The number of esters is 2. The van der Waals surface area contributed by atoms with E-state index in [1.54, 1.807) is 0 Å². The molecular weight excluding hydrogens is 675 g/mol. The summed E-state index contributed by atoms with van der Waals surface area (Å²) in [4.78, 5) is 42.7. The Morgan fingerprint density at radius 1 is 0.519 bits per heavy atom. The number of ether oxygens (including phenoxy) is 2. The fourth-order valence-electron chi connectivity index (χ4n) is 4.72. The second kappa shape index (κ2) is 37.7. The Morgan fingerprint density at radius 3 is 1.46 bits per heavy atom. The Balaban J connectivity index is 4.16. The van der Waals surface area contributed by atoms with Crippen molar-refractivity contribution in [2.45, 2.75) is 148 Å². The van der Waals surface area contributed by atoms with Crippen LogP contribution in [0.3, 0.4) is 0 Å². The van der Waals surface area contributed by atoms with Gasteiger partial charge in [-0.2, -0.15) is 0 Å². The first kappa shape index (κ1) is 49.0. The van der Waals surface area contributed by atoms with Crippen molar-refractivity contribution in [2.75, 3.05) is 13.2 Å². The van der Waals surface area contributed by atoms with Crippen molar-refractivity contribution in [1.82, 2.24) is 0 Å². The minimum atomic E-state index is -4.78. The van der Waals surface area contributed by atoms with Crippen LogP contribution in [0.15, 0.2) is 97.2 Å². The zero-order valence-electron chi connectivity index (χ0n) is 32.2. The lowest BCUT2D eigenvalue weighted by Crippen LogP contribution is -2.29. The molecule has 0 bridgehead atoms. The Hall–Kier alpha value is -3.03. The zero-order chi connectivity index (χ0) is 38.2. The first-order chi connectivity index (χ1) is 25.3. The van der Waals surface area contributed by atoms with Crippen LogP contribution in [0.2, 0.25) is 0 Å². The Morgan fingerprint density at radius 2 is 0.962 bits per heavy atom. The molecule has 0 aliphatic rings. The lowest BCUT2D eigenvalue weighted by Gasteiger charge is -2.18. The topological polar surface area (TPSA) is 119 Å². The van der Waals surface area contributed by atoms with E-state index in [-0.39, 0.29) is 19.4 Å². The summed E-state index contributed by atoms with van der Waals surface area (Å²) in [6, 6.07) is 0. The minimum Gasteiger partial charge on any atom is -0.462 e. The fourth-order valence-corrected chi connectivity index (χ4v) is 5.08. The molecule has 0 amide bonds. The molecule has 0 spiro atoms. The molecule has 9 heteroatoms. The molecule has 294 valence electrons. The average molecular weight is 745 g/mol. The van der Waals surface area contributed by atoms with E-state index >= 15 is 0 Å². The summed E-state index contributed by atoms with van der Waals surface area (Å²) in [5.41, 5.74) is 0. The van der Waals surface area contributed by atoms with Gasteiger partial charge in [0.25, 0.3) is 0 Å².